The van der Waals surface area contributed by atoms with Crippen LogP contribution in [0.15, 0.2) is 60.2 Å². The van der Waals surface area contributed by atoms with Gasteiger partial charge in [0.2, 0.25) is 0 Å². The van der Waals surface area contributed by atoms with Crippen molar-refractivity contribution in [2.45, 2.75) is 84.0 Å². The number of carbonyl (C=O) groups is 3. The third-order valence-electron chi connectivity index (χ3n) is 10.6. The number of benzene rings is 2. The molecule has 0 unspecified atom stereocenters. The van der Waals surface area contributed by atoms with Crippen molar-refractivity contribution in [1.29, 1.82) is 0 Å². The van der Waals surface area contributed by atoms with Gasteiger partial charge in [0.15, 0.2) is 0 Å². The van der Waals surface area contributed by atoms with Gasteiger partial charge in [0.1, 0.15) is 5.57 Å². The number of barbiturate groups is 1. The standard InChI is InChI=1S/C37H41N3O3/c1-22-14-27(23(2)39(22)30-10-6-28(7-11-30)36(3,4)5)18-32-33(41)38-35(43)40(34(32)42)31-12-8-29(9-13-31)37-19-24-15-25(20-37)17-26(16-24)21-37/h6-14,18,24-26H,15-17,19-21H2,1-5H3,(H,38,41,43)/b32-18+. The summed E-state index contributed by atoms with van der Waals surface area (Å²) in [6.45, 7) is 10.6. The summed E-state index contributed by atoms with van der Waals surface area (Å²) in [5, 5.41) is 2.40. The van der Waals surface area contributed by atoms with Crippen LogP contribution in [0.4, 0.5) is 10.5 Å². The van der Waals surface area contributed by atoms with E-state index in [1.54, 1.807) is 6.08 Å². The molecular weight excluding hydrogens is 534 g/mol. The van der Waals surface area contributed by atoms with Gasteiger partial charge >= 0.3 is 6.03 Å². The summed E-state index contributed by atoms with van der Waals surface area (Å²) in [4.78, 5) is 40.8. The monoisotopic (exact) mass is 575 g/mol. The second-order valence-corrected chi connectivity index (χ2v) is 14.7. The Morgan fingerprint density at radius 2 is 1.37 bits per heavy atom. The first-order chi connectivity index (χ1) is 20.4. The average molecular weight is 576 g/mol. The van der Waals surface area contributed by atoms with Gasteiger partial charge in [0.25, 0.3) is 11.8 Å². The predicted octanol–water partition coefficient (Wildman–Crippen LogP) is 7.53. The number of urea groups is 1. The summed E-state index contributed by atoms with van der Waals surface area (Å²) in [6.07, 6.45) is 9.52. The Balaban J connectivity index is 1.17. The van der Waals surface area contributed by atoms with Crippen molar-refractivity contribution in [2.24, 2.45) is 17.8 Å². The fourth-order valence-corrected chi connectivity index (χ4v) is 8.92. The summed E-state index contributed by atoms with van der Waals surface area (Å²) in [6, 6.07) is 17.7. The third-order valence-corrected chi connectivity index (χ3v) is 10.6. The molecule has 6 heteroatoms. The van der Waals surface area contributed by atoms with Gasteiger partial charge in [-0.2, -0.15) is 0 Å². The third kappa shape index (κ3) is 4.66. The van der Waals surface area contributed by atoms with E-state index in [4.69, 9.17) is 0 Å². The number of nitrogens with zero attached hydrogens (tertiary/aromatic N) is 2. The van der Waals surface area contributed by atoms with Crippen molar-refractivity contribution in [3.63, 3.8) is 0 Å². The Kier molecular flexibility index (Phi) is 6.35. The first-order valence-electron chi connectivity index (χ1n) is 15.7. The van der Waals surface area contributed by atoms with Crippen LogP contribution in [0.1, 0.15) is 87.4 Å². The molecular formula is C37H41N3O3. The molecule has 43 heavy (non-hydrogen) atoms. The normalized spacial score (nSPS) is 27.7. The van der Waals surface area contributed by atoms with Gasteiger partial charge in [-0.25, -0.2) is 9.69 Å². The molecule has 4 amide bonds. The lowest BCUT2D eigenvalue weighted by Gasteiger charge is -2.57. The number of anilines is 1. The lowest BCUT2D eigenvalue weighted by Crippen LogP contribution is -2.54. The molecule has 1 N–H and O–H groups in total. The largest absolute Gasteiger partial charge is 0.335 e. The molecule has 4 bridgehead atoms. The summed E-state index contributed by atoms with van der Waals surface area (Å²) in [5.41, 5.74) is 7.00. The molecule has 5 aliphatic rings. The minimum atomic E-state index is -0.709. The maximum absolute atomic E-state index is 13.7. The van der Waals surface area contributed by atoms with Crippen molar-refractivity contribution in [3.8, 4) is 5.69 Å². The first-order valence-corrected chi connectivity index (χ1v) is 15.7. The van der Waals surface area contributed by atoms with E-state index in [-0.39, 0.29) is 16.4 Å². The van der Waals surface area contributed by atoms with E-state index in [2.05, 4.69) is 67.1 Å². The number of hydrogen-bond donors (Lipinski definition) is 1. The predicted molar refractivity (Wildman–Crippen MR) is 169 cm³/mol. The Bertz CT molecular complexity index is 1630. The number of nitrogens with one attached hydrogen (secondary N) is 1. The minimum Gasteiger partial charge on any atom is -0.318 e. The average Bonchev–Trinajstić information content (AvgIpc) is 3.22. The molecule has 4 aliphatic carbocycles. The van der Waals surface area contributed by atoms with Crippen molar-refractivity contribution >= 4 is 29.6 Å². The van der Waals surface area contributed by atoms with Crippen LogP contribution in [-0.2, 0) is 20.4 Å². The smallest absolute Gasteiger partial charge is 0.318 e. The number of amides is 4. The quantitative estimate of drug-likeness (QED) is 0.258. The fourth-order valence-electron chi connectivity index (χ4n) is 8.92. The molecule has 222 valence electrons. The Hall–Kier alpha value is -3.93. The molecule has 2 heterocycles. The minimum absolute atomic E-state index is 0.0481. The first kappa shape index (κ1) is 27.9. The number of carbonyl (C=O) groups excluding carboxylic acids is 3. The highest BCUT2D eigenvalue weighted by Gasteiger charge is 2.51. The fraction of sp³-hybridized carbons (Fsp3) is 0.432. The van der Waals surface area contributed by atoms with Crippen LogP contribution in [0.5, 0.6) is 0 Å². The van der Waals surface area contributed by atoms with E-state index in [1.807, 2.05) is 32.0 Å². The summed E-state index contributed by atoms with van der Waals surface area (Å²) < 4.78 is 2.12. The molecule has 3 aromatic rings. The van der Waals surface area contributed by atoms with E-state index >= 15 is 0 Å². The van der Waals surface area contributed by atoms with Crippen LogP contribution in [0.2, 0.25) is 0 Å². The van der Waals surface area contributed by atoms with E-state index in [0.717, 1.165) is 45.3 Å². The van der Waals surface area contributed by atoms with Crippen LogP contribution >= 0.6 is 0 Å². The molecule has 1 saturated heterocycles. The van der Waals surface area contributed by atoms with Crippen LogP contribution in [0, 0.1) is 31.6 Å². The second kappa shape index (κ2) is 9.80. The van der Waals surface area contributed by atoms with Gasteiger partial charge in [0.05, 0.1) is 5.69 Å². The van der Waals surface area contributed by atoms with E-state index in [0.29, 0.717) is 5.69 Å². The second-order valence-electron chi connectivity index (χ2n) is 14.7. The zero-order chi connectivity index (χ0) is 30.3. The lowest BCUT2D eigenvalue weighted by atomic mass is 9.48. The topological polar surface area (TPSA) is 71.4 Å². The zero-order valence-electron chi connectivity index (χ0n) is 25.9. The van der Waals surface area contributed by atoms with Crippen molar-refractivity contribution in [3.05, 3.63) is 88.2 Å². The highest BCUT2D eigenvalue weighted by atomic mass is 16.2. The molecule has 8 rings (SSSR count). The van der Waals surface area contributed by atoms with Crippen LogP contribution in [0.25, 0.3) is 11.8 Å². The maximum Gasteiger partial charge on any atom is 0.335 e. The molecule has 1 aliphatic heterocycles. The molecule has 0 spiro atoms. The van der Waals surface area contributed by atoms with Gasteiger partial charge < -0.3 is 4.57 Å². The van der Waals surface area contributed by atoms with E-state index in [9.17, 15) is 14.4 Å². The van der Waals surface area contributed by atoms with E-state index in [1.165, 1.54) is 49.7 Å². The zero-order valence-corrected chi connectivity index (χ0v) is 25.9. The highest BCUT2D eigenvalue weighted by Crippen LogP contribution is 2.60. The molecule has 2 aromatic carbocycles. The highest BCUT2D eigenvalue weighted by molar-refractivity contribution is 6.39. The molecule has 1 aromatic heterocycles. The Morgan fingerprint density at radius 3 is 1.93 bits per heavy atom. The van der Waals surface area contributed by atoms with Crippen LogP contribution in [0.3, 0.4) is 0 Å². The summed E-state index contributed by atoms with van der Waals surface area (Å²) in [7, 11) is 0. The molecule has 0 radical (unpaired) electrons. The Labute approximate surface area is 254 Å². The van der Waals surface area contributed by atoms with Gasteiger partial charge in [0, 0.05) is 17.1 Å². The molecule has 4 saturated carbocycles. The lowest BCUT2D eigenvalue weighted by molar-refractivity contribution is -0.122. The number of hydrogen-bond acceptors (Lipinski definition) is 3. The van der Waals surface area contributed by atoms with Gasteiger partial charge in [-0.1, -0.05) is 45.0 Å². The van der Waals surface area contributed by atoms with Gasteiger partial charge in [-0.3, -0.25) is 14.9 Å². The van der Waals surface area contributed by atoms with Crippen molar-refractivity contribution in [2.75, 3.05) is 4.90 Å². The number of aromatic nitrogens is 1. The van der Waals surface area contributed by atoms with Crippen molar-refractivity contribution in [1.82, 2.24) is 9.88 Å². The summed E-state index contributed by atoms with van der Waals surface area (Å²) >= 11 is 0. The summed E-state index contributed by atoms with van der Waals surface area (Å²) in [5.74, 6) is 1.24. The molecule has 5 fully saturated rings. The van der Waals surface area contributed by atoms with Gasteiger partial charge in [-0.15, -0.1) is 0 Å². The van der Waals surface area contributed by atoms with E-state index < -0.39 is 17.8 Å². The van der Waals surface area contributed by atoms with Crippen LogP contribution in [-0.4, -0.2) is 22.4 Å². The van der Waals surface area contributed by atoms with Gasteiger partial charge in [-0.05, 0) is 134 Å². The molecule has 6 nitrogen and oxygen atoms in total. The SMILES string of the molecule is Cc1cc(/C=C2\C(=O)NC(=O)N(c3ccc(C45CC6CC(CC(C6)C4)C5)cc3)C2=O)c(C)n1-c1ccc(C(C)(C)C)cc1. The number of rotatable bonds is 4. The van der Waals surface area contributed by atoms with Crippen LogP contribution < -0.4 is 10.2 Å². The Morgan fingerprint density at radius 1 is 0.814 bits per heavy atom. The number of imide groups is 2. The number of aryl methyl sites for hydroxylation is 1. The van der Waals surface area contributed by atoms with Crippen molar-refractivity contribution < 1.29 is 14.4 Å². The molecule has 0 atom stereocenters. The maximum atomic E-state index is 13.7.